The topological polar surface area (TPSA) is 60.9 Å². The lowest BCUT2D eigenvalue weighted by atomic mass is 10.2. The maximum atomic E-state index is 11.8. The molecule has 0 spiro atoms. The zero-order valence-electron chi connectivity index (χ0n) is 10.2. The van der Waals surface area contributed by atoms with E-state index in [1.54, 1.807) is 17.7 Å². The first-order chi connectivity index (χ1) is 8.50. The molecule has 0 aliphatic rings. The Kier molecular flexibility index (Phi) is 3.50. The fourth-order valence-corrected chi connectivity index (χ4v) is 1.96. The molecule has 2 N–H and O–H groups in total. The molecule has 0 aliphatic heterocycles. The molecule has 1 aromatic heterocycles. The summed E-state index contributed by atoms with van der Waals surface area (Å²) in [5, 5.41) is 4.87. The van der Waals surface area contributed by atoms with Crippen LogP contribution in [0.2, 0.25) is 5.02 Å². The number of hydrogen-bond donors (Lipinski definition) is 1. The molecule has 1 atom stereocenters. The summed E-state index contributed by atoms with van der Waals surface area (Å²) in [7, 11) is 0. The van der Waals surface area contributed by atoms with Crippen molar-refractivity contribution in [3.05, 3.63) is 57.0 Å². The third-order valence-electron chi connectivity index (χ3n) is 2.65. The molecule has 1 aromatic carbocycles. The first-order valence-electron chi connectivity index (χ1n) is 5.62. The van der Waals surface area contributed by atoms with Crippen LogP contribution in [0.15, 0.2) is 35.1 Å². The lowest BCUT2D eigenvalue weighted by Gasteiger charge is -2.13. The highest BCUT2D eigenvalue weighted by Crippen LogP contribution is 2.20. The minimum Gasteiger partial charge on any atom is -0.323 e. The van der Waals surface area contributed by atoms with Gasteiger partial charge < -0.3 is 5.73 Å². The predicted octanol–water partition coefficient (Wildman–Crippen LogP) is 2.21. The fourth-order valence-electron chi connectivity index (χ4n) is 1.74. The zero-order chi connectivity index (χ0) is 13.3. The standard InChI is InChI=1S/C13H14ClN3O/c1-8-7-12(18)13(9(2)15)16-17(8)11-6-4-3-5-10(11)14/h3-7,9H,15H2,1-2H3. The molecule has 0 fully saturated rings. The molecular weight excluding hydrogens is 250 g/mol. The zero-order valence-corrected chi connectivity index (χ0v) is 11.0. The van der Waals surface area contributed by atoms with Crippen molar-refractivity contribution in [3.63, 3.8) is 0 Å². The van der Waals surface area contributed by atoms with Crippen LogP contribution in [0, 0.1) is 6.92 Å². The van der Waals surface area contributed by atoms with Gasteiger partial charge in [-0.15, -0.1) is 0 Å². The van der Waals surface area contributed by atoms with Gasteiger partial charge in [-0.2, -0.15) is 5.10 Å². The van der Waals surface area contributed by atoms with Gasteiger partial charge in [-0.1, -0.05) is 23.7 Å². The lowest BCUT2D eigenvalue weighted by Crippen LogP contribution is -2.24. The normalized spacial score (nSPS) is 12.4. The summed E-state index contributed by atoms with van der Waals surface area (Å²) < 4.78 is 1.64. The van der Waals surface area contributed by atoms with E-state index in [9.17, 15) is 4.79 Å². The van der Waals surface area contributed by atoms with E-state index in [2.05, 4.69) is 5.10 Å². The molecule has 0 radical (unpaired) electrons. The van der Waals surface area contributed by atoms with Gasteiger partial charge in [0.05, 0.1) is 10.7 Å². The average molecular weight is 264 g/mol. The summed E-state index contributed by atoms with van der Waals surface area (Å²) in [5.74, 6) is 0. The Morgan fingerprint density at radius 1 is 1.39 bits per heavy atom. The number of benzene rings is 1. The molecule has 0 amide bonds. The van der Waals surface area contributed by atoms with Crippen molar-refractivity contribution in [2.75, 3.05) is 0 Å². The van der Waals surface area contributed by atoms with Gasteiger partial charge >= 0.3 is 0 Å². The van der Waals surface area contributed by atoms with Gasteiger partial charge in [0.1, 0.15) is 5.69 Å². The van der Waals surface area contributed by atoms with Crippen LogP contribution in [0.25, 0.3) is 5.69 Å². The van der Waals surface area contributed by atoms with Crippen molar-refractivity contribution in [2.45, 2.75) is 19.9 Å². The van der Waals surface area contributed by atoms with Crippen LogP contribution < -0.4 is 11.2 Å². The average Bonchev–Trinajstić information content (AvgIpc) is 2.30. The van der Waals surface area contributed by atoms with Crippen molar-refractivity contribution >= 4 is 11.6 Å². The highest BCUT2D eigenvalue weighted by Gasteiger charge is 2.12. The fraction of sp³-hybridized carbons (Fsp3) is 0.231. The summed E-state index contributed by atoms with van der Waals surface area (Å²) in [6.45, 7) is 3.54. The van der Waals surface area contributed by atoms with Crippen molar-refractivity contribution in [2.24, 2.45) is 5.73 Å². The van der Waals surface area contributed by atoms with Gasteiger partial charge in [0.2, 0.25) is 5.43 Å². The van der Waals surface area contributed by atoms with Crippen LogP contribution in [0.3, 0.4) is 0 Å². The monoisotopic (exact) mass is 263 g/mol. The quantitative estimate of drug-likeness (QED) is 0.904. The Balaban J connectivity index is 2.69. The Hall–Kier alpha value is -1.65. The molecule has 4 nitrogen and oxygen atoms in total. The Labute approximate surface area is 110 Å². The minimum atomic E-state index is -0.410. The number of halogens is 1. The highest BCUT2D eigenvalue weighted by atomic mass is 35.5. The van der Waals surface area contributed by atoms with Crippen LogP contribution in [-0.4, -0.2) is 9.78 Å². The van der Waals surface area contributed by atoms with Gasteiger partial charge in [-0.3, -0.25) is 4.79 Å². The number of aryl methyl sites for hydroxylation is 1. The van der Waals surface area contributed by atoms with E-state index < -0.39 is 6.04 Å². The second-order valence-electron chi connectivity index (χ2n) is 4.19. The minimum absolute atomic E-state index is 0.147. The van der Waals surface area contributed by atoms with E-state index in [1.165, 1.54) is 6.07 Å². The SMILES string of the molecule is Cc1cc(=O)c(C(C)N)nn1-c1ccccc1Cl. The molecule has 18 heavy (non-hydrogen) atoms. The van der Waals surface area contributed by atoms with Gasteiger partial charge in [-0.25, -0.2) is 4.68 Å². The van der Waals surface area contributed by atoms with Crippen LogP contribution in [0.4, 0.5) is 0 Å². The van der Waals surface area contributed by atoms with E-state index >= 15 is 0 Å². The summed E-state index contributed by atoms with van der Waals surface area (Å²) in [6.07, 6.45) is 0. The number of aromatic nitrogens is 2. The van der Waals surface area contributed by atoms with Crippen molar-refractivity contribution in [1.82, 2.24) is 9.78 Å². The lowest BCUT2D eigenvalue weighted by molar-refractivity contribution is 0.687. The summed E-state index contributed by atoms with van der Waals surface area (Å²) >= 11 is 6.13. The largest absolute Gasteiger partial charge is 0.323 e. The number of nitrogens with zero attached hydrogens (tertiary/aromatic N) is 2. The number of para-hydroxylation sites is 1. The van der Waals surface area contributed by atoms with Crippen LogP contribution in [0.5, 0.6) is 0 Å². The smallest absolute Gasteiger partial charge is 0.205 e. The maximum Gasteiger partial charge on any atom is 0.205 e. The molecule has 0 saturated heterocycles. The van der Waals surface area contributed by atoms with Crippen LogP contribution in [0.1, 0.15) is 24.4 Å². The second kappa shape index (κ2) is 4.92. The van der Waals surface area contributed by atoms with Crippen molar-refractivity contribution in [3.8, 4) is 5.69 Å². The molecule has 1 heterocycles. The van der Waals surface area contributed by atoms with E-state index in [0.29, 0.717) is 10.7 Å². The second-order valence-corrected chi connectivity index (χ2v) is 4.59. The van der Waals surface area contributed by atoms with E-state index in [4.69, 9.17) is 17.3 Å². The molecule has 2 rings (SSSR count). The van der Waals surface area contributed by atoms with E-state index in [0.717, 1.165) is 11.4 Å². The summed E-state index contributed by atoms with van der Waals surface area (Å²) in [6, 6.07) is 8.45. The van der Waals surface area contributed by atoms with Crippen molar-refractivity contribution in [1.29, 1.82) is 0 Å². The summed E-state index contributed by atoms with van der Waals surface area (Å²) in [4.78, 5) is 11.8. The van der Waals surface area contributed by atoms with Gasteiger partial charge in [0.25, 0.3) is 0 Å². The highest BCUT2D eigenvalue weighted by molar-refractivity contribution is 6.32. The van der Waals surface area contributed by atoms with Gasteiger partial charge in [-0.05, 0) is 26.0 Å². The van der Waals surface area contributed by atoms with Gasteiger partial charge in [0, 0.05) is 17.8 Å². The number of rotatable bonds is 2. The summed E-state index contributed by atoms with van der Waals surface area (Å²) in [5.41, 5.74) is 7.38. The molecule has 0 aliphatic carbocycles. The first-order valence-corrected chi connectivity index (χ1v) is 6.00. The van der Waals surface area contributed by atoms with E-state index in [1.807, 2.05) is 25.1 Å². The number of nitrogens with two attached hydrogens (primary N) is 1. The van der Waals surface area contributed by atoms with Crippen LogP contribution in [-0.2, 0) is 0 Å². The Bertz CT molecular complexity index is 634. The molecule has 0 saturated carbocycles. The van der Waals surface area contributed by atoms with Crippen LogP contribution >= 0.6 is 11.6 Å². The molecule has 2 aromatic rings. The maximum absolute atomic E-state index is 11.8. The van der Waals surface area contributed by atoms with E-state index in [-0.39, 0.29) is 5.43 Å². The van der Waals surface area contributed by atoms with Gasteiger partial charge in [0.15, 0.2) is 0 Å². The van der Waals surface area contributed by atoms with Crippen molar-refractivity contribution < 1.29 is 0 Å². The molecule has 5 heteroatoms. The molecule has 0 bridgehead atoms. The molecular formula is C13H14ClN3O. The third-order valence-corrected chi connectivity index (χ3v) is 2.97. The molecule has 1 unspecified atom stereocenters. The third kappa shape index (κ3) is 2.30. The Morgan fingerprint density at radius 3 is 2.67 bits per heavy atom. The number of hydrogen-bond acceptors (Lipinski definition) is 3. The molecule has 94 valence electrons. The first kappa shape index (κ1) is 12.8. The predicted molar refractivity (Wildman–Crippen MR) is 72.2 cm³/mol. The Morgan fingerprint density at radius 2 is 2.06 bits per heavy atom.